The Labute approximate surface area is 125 Å². The maximum Gasteiger partial charge on any atom is 0.323 e. The number of nitrogens with zero attached hydrogens (tertiary/aromatic N) is 3. The normalized spacial score (nSPS) is 10.5. The van der Waals surface area contributed by atoms with E-state index >= 15 is 0 Å². The van der Waals surface area contributed by atoms with Crippen LogP contribution >= 0.6 is 0 Å². The van der Waals surface area contributed by atoms with E-state index in [1.807, 2.05) is 13.0 Å². The quantitative estimate of drug-likeness (QED) is 0.919. The van der Waals surface area contributed by atoms with Crippen molar-refractivity contribution in [1.82, 2.24) is 4.98 Å². The predicted molar refractivity (Wildman–Crippen MR) is 76.5 cm³/mol. The molecule has 0 spiro atoms. The van der Waals surface area contributed by atoms with E-state index in [0.29, 0.717) is 19.0 Å². The third kappa shape index (κ3) is 2.96. The molecular weight excluding hydrogens is 292 g/mol. The van der Waals surface area contributed by atoms with Crippen LogP contribution < -0.4 is 4.90 Å². The van der Waals surface area contributed by atoms with Crippen molar-refractivity contribution in [3.8, 4) is 6.07 Å². The van der Waals surface area contributed by atoms with Gasteiger partial charge in [0.25, 0.3) is 0 Å². The lowest BCUT2D eigenvalue weighted by atomic mass is 10.1. The topological polar surface area (TPSA) is 77.2 Å². The molecule has 0 bridgehead atoms. The average molecular weight is 305 g/mol. The van der Waals surface area contributed by atoms with Gasteiger partial charge in [0, 0.05) is 24.2 Å². The number of carboxylic acid groups (broad SMARTS) is 1. The molecule has 2 aromatic rings. The van der Waals surface area contributed by atoms with E-state index < -0.39 is 17.6 Å². The molecule has 0 amide bonds. The van der Waals surface area contributed by atoms with Crippen LogP contribution in [0.2, 0.25) is 0 Å². The van der Waals surface area contributed by atoms with Gasteiger partial charge >= 0.3 is 5.97 Å². The van der Waals surface area contributed by atoms with Crippen LogP contribution in [-0.4, -0.2) is 29.1 Å². The second-order valence-corrected chi connectivity index (χ2v) is 4.73. The molecule has 0 aliphatic heterocycles. The Hall–Kier alpha value is -2.75. The lowest BCUT2D eigenvalue weighted by Crippen LogP contribution is -2.31. The fourth-order valence-electron chi connectivity index (χ4n) is 2.34. The Balaban J connectivity index is 2.77. The highest BCUT2D eigenvalue weighted by atomic mass is 19.1. The van der Waals surface area contributed by atoms with Crippen LogP contribution in [0.15, 0.2) is 18.3 Å². The molecule has 2 rings (SSSR count). The van der Waals surface area contributed by atoms with Crippen molar-refractivity contribution >= 4 is 22.6 Å². The van der Waals surface area contributed by atoms with Crippen LogP contribution in [0.5, 0.6) is 0 Å². The fourth-order valence-corrected chi connectivity index (χ4v) is 2.34. The summed E-state index contributed by atoms with van der Waals surface area (Å²) in [6.07, 6.45) is 1.78. The van der Waals surface area contributed by atoms with E-state index in [-0.39, 0.29) is 28.7 Å². The zero-order chi connectivity index (χ0) is 16.3. The van der Waals surface area contributed by atoms with Gasteiger partial charge in [-0.05, 0) is 12.5 Å². The molecule has 1 N–H and O–H groups in total. The van der Waals surface area contributed by atoms with Gasteiger partial charge in [-0.3, -0.25) is 9.78 Å². The molecule has 0 atom stereocenters. The zero-order valence-electron chi connectivity index (χ0n) is 11.8. The van der Waals surface area contributed by atoms with E-state index in [0.717, 1.165) is 6.07 Å². The number of halogens is 2. The molecule has 0 saturated carbocycles. The molecule has 114 valence electrons. The second kappa shape index (κ2) is 6.35. The summed E-state index contributed by atoms with van der Waals surface area (Å²) in [7, 11) is 0. The number of rotatable bonds is 5. The number of carbonyl (C=O) groups is 1. The number of aliphatic carboxylic acids is 1. The van der Waals surface area contributed by atoms with Gasteiger partial charge in [-0.1, -0.05) is 6.92 Å². The number of pyridine rings is 1. The Morgan fingerprint density at radius 1 is 1.45 bits per heavy atom. The Morgan fingerprint density at radius 2 is 2.18 bits per heavy atom. The molecular formula is C15H13F2N3O2. The van der Waals surface area contributed by atoms with Gasteiger partial charge < -0.3 is 10.0 Å². The number of carboxylic acids is 1. The van der Waals surface area contributed by atoms with Gasteiger partial charge in [0.05, 0.1) is 11.3 Å². The summed E-state index contributed by atoms with van der Waals surface area (Å²) in [6.45, 7) is 1.80. The van der Waals surface area contributed by atoms with Gasteiger partial charge in [0.15, 0.2) is 5.82 Å². The summed E-state index contributed by atoms with van der Waals surface area (Å²) < 4.78 is 27.4. The molecule has 1 aromatic heterocycles. The lowest BCUT2D eigenvalue weighted by Gasteiger charge is -2.24. The highest BCUT2D eigenvalue weighted by Gasteiger charge is 2.20. The van der Waals surface area contributed by atoms with Crippen LogP contribution in [-0.2, 0) is 4.79 Å². The summed E-state index contributed by atoms with van der Waals surface area (Å²) in [5.41, 5.74) is 0.171. The molecule has 5 nitrogen and oxygen atoms in total. The predicted octanol–water partition coefficient (Wildman–Crippen LogP) is 2.69. The third-order valence-electron chi connectivity index (χ3n) is 3.12. The highest BCUT2D eigenvalue weighted by Crippen LogP contribution is 2.31. The minimum atomic E-state index is -1.10. The highest BCUT2D eigenvalue weighted by molar-refractivity contribution is 5.96. The van der Waals surface area contributed by atoms with Gasteiger partial charge in [-0.25, -0.2) is 8.78 Å². The number of anilines is 1. The molecule has 7 heteroatoms. The van der Waals surface area contributed by atoms with Crippen LogP contribution in [0, 0.1) is 23.0 Å². The van der Waals surface area contributed by atoms with Crippen LogP contribution in [0.25, 0.3) is 10.9 Å². The summed E-state index contributed by atoms with van der Waals surface area (Å²) in [4.78, 5) is 16.3. The van der Waals surface area contributed by atoms with Gasteiger partial charge in [-0.15, -0.1) is 0 Å². The van der Waals surface area contributed by atoms with Crippen molar-refractivity contribution in [2.24, 2.45) is 0 Å². The van der Waals surface area contributed by atoms with Crippen molar-refractivity contribution in [2.75, 3.05) is 18.0 Å². The monoisotopic (exact) mass is 305 g/mol. The number of aromatic nitrogens is 1. The van der Waals surface area contributed by atoms with E-state index in [9.17, 15) is 18.8 Å². The van der Waals surface area contributed by atoms with Gasteiger partial charge in [0.2, 0.25) is 0 Å². The van der Waals surface area contributed by atoms with E-state index in [1.165, 1.54) is 11.1 Å². The Bertz CT molecular complexity index is 771. The summed E-state index contributed by atoms with van der Waals surface area (Å²) in [5.74, 6) is -2.76. The van der Waals surface area contributed by atoms with Crippen LogP contribution in [0.4, 0.5) is 14.5 Å². The lowest BCUT2D eigenvalue weighted by molar-refractivity contribution is -0.135. The second-order valence-electron chi connectivity index (χ2n) is 4.73. The maximum absolute atomic E-state index is 13.9. The smallest absolute Gasteiger partial charge is 0.323 e. The van der Waals surface area contributed by atoms with E-state index in [1.54, 1.807) is 0 Å². The Morgan fingerprint density at radius 3 is 2.77 bits per heavy atom. The number of nitriles is 1. The molecule has 0 saturated heterocycles. The van der Waals surface area contributed by atoms with Gasteiger partial charge in [0.1, 0.15) is 23.9 Å². The molecule has 0 aliphatic rings. The molecule has 0 fully saturated rings. The fraction of sp³-hybridized carbons (Fsp3) is 0.267. The largest absolute Gasteiger partial charge is 0.480 e. The number of hydrogen-bond acceptors (Lipinski definition) is 4. The molecule has 0 radical (unpaired) electrons. The first-order valence-electron chi connectivity index (χ1n) is 6.62. The van der Waals surface area contributed by atoms with Crippen LogP contribution in [0.1, 0.15) is 18.9 Å². The molecule has 0 aliphatic carbocycles. The minimum Gasteiger partial charge on any atom is -0.480 e. The molecule has 1 heterocycles. The van der Waals surface area contributed by atoms with Crippen molar-refractivity contribution in [2.45, 2.75) is 13.3 Å². The van der Waals surface area contributed by atoms with Crippen molar-refractivity contribution in [3.05, 3.63) is 35.5 Å². The SMILES string of the molecule is CCCN(CC(=O)O)c1c(C#N)cnc2c(F)cc(F)cc12. The molecule has 1 aromatic carbocycles. The summed E-state index contributed by atoms with van der Waals surface area (Å²) in [5, 5.41) is 18.3. The Kier molecular flexibility index (Phi) is 4.51. The zero-order valence-corrected chi connectivity index (χ0v) is 11.8. The number of hydrogen-bond donors (Lipinski definition) is 1. The van der Waals surface area contributed by atoms with Crippen molar-refractivity contribution in [3.63, 3.8) is 0 Å². The first kappa shape index (κ1) is 15.6. The van der Waals surface area contributed by atoms with Gasteiger partial charge in [-0.2, -0.15) is 5.26 Å². The van der Waals surface area contributed by atoms with Crippen LogP contribution in [0.3, 0.4) is 0 Å². The first-order chi connectivity index (χ1) is 10.5. The van der Waals surface area contributed by atoms with E-state index in [4.69, 9.17) is 5.11 Å². The van der Waals surface area contributed by atoms with Crippen molar-refractivity contribution < 1.29 is 18.7 Å². The standard InChI is InChI=1S/C15H13F2N3O2/c1-2-3-20(8-13(21)22)15-9(6-18)7-19-14-11(15)4-10(16)5-12(14)17/h4-5,7H,2-3,8H2,1H3,(H,21,22). The number of fused-ring (bicyclic) bond motifs is 1. The third-order valence-corrected chi connectivity index (χ3v) is 3.12. The average Bonchev–Trinajstić information content (AvgIpc) is 2.45. The molecule has 22 heavy (non-hydrogen) atoms. The van der Waals surface area contributed by atoms with E-state index in [2.05, 4.69) is 4.98 Å². The number of benzene rings is 1. The first-order valence-corrected chi connectivity index (χ1v) is 6.62. The molecule has 0 unspecified atom stereocenters. The summed E-state index contributed by atoms with van der Waals surface area (Å²) in [6, 6.07) is 3.66. The van der Waals surface area contributed by atoms with Crippen molar-refractivity contribution in [1.29, 1.82) is 5.26 Å². The summed E-state index contributed by atoms with van der Waals surface area (Å²) >= 11 is 0. The minimum absolute atomic E-state index is 0.0761. The maximum atomic E-state index is 13.9.